The van der Waals surface area contributed by atoms with Crippen LogP contribution >= 0.6 is 0 Å². The van der Waals surface area contributed by atoms with Crippen LogP contribution in [0.2, 0.25) is 0 Å². The van der Waals surface area contributed by atoms with Crippen LogP contribution in [0, 0.1) is 12.3 Å². The van der Waals surface area contributed by atoms with Crippen molar-refractivity contribution in [2.75, 3.05) is 39.3 Å². The lowest BCUT2D eigenvalue weighted by molar-refractivity contribution is -0.0182. The van der Waals surface area contributed by atoms with E-state index < -0.39 is 0 Å². The molecular weight excluding hydrogens is 382 g/mol. The molecule has 5 rings (SSSR count). The summed E-state index contributed by atoms with van der Waals surface area (Å²) in [6.07, 6.45) is 8.28. The molecule has 1 spiro atoms. The summed E-state index contributed by atoms with van der Waals surface area (Å²) in [5.41, 5.74) is 0.351. The molecule has 1 aromatic rings. The Balaban J connectivity index is 1.10. The molecule has 1 saturated carbocycles. The van der Waals surface area contributed by atoms with Crippen molar-refractivity contribution in [1.29, 1.82) is 0 Å². The standard InChI is InChI=1S/C22H35N5O3/c1-3-29-21(28)26-12-8-22(15-26)13-18(14-22)25-10-6-17(7-11-25)27-9-4-5-19(27)20-24-23-16(2)30-20/h17-19H,3-15H2,1-2H3. The second-order valence-electron chi connectivity index (χ2n) is 9.75. The van der Waals surface area contributed by atoms with Gasteiger partial charge in [-0.25, -0.2) is 4.79 Å². The molecule has 166 valence electrons. The molecule has 1 aliphatic carbocycles. The fourth-order valence-electron chi connectivity index (χ4n) is 6.36. The fourth-order valence-corrected chi connectivity index (χ4v) is 6.36. The molecule has 4 fully saturated rings. The van der Waals surface area contributed by atoms with E-state index in [1.54, 1.807) is 0 Å². The molecule has 1 unspecified atom stereocenters. The molecule has 30 heavy (non-hydrogen) atoms. The number of carbonyl (C=O) groups excluding carboxylic acids is 1. The zero-order valence-corrected chi connectivity index (χ0v) is 18.4. The van der Waals surface area contributed by atoms with Crippen LogP contribution in [0.4, 0.5) is 4.79 Å². The third-order valence-corrected chi connectivity index (χ3v) is 7.91. The number of piperidine rings is 1. The number of amides is 1. The maximum atomic E-state index is 12.0. The first-order chi connectivity index (χ1) is 14.6. The van der Waals surface area contributed by atoms with E-state index in [1.165, 1.54) is 45.2 Å². The van der Waals surface area contributed by atoms with Gasteiger partial charge in [-0.1, -0.05) is 0 Å². The summed E-state index contributed by atoms with van der Waals surface area (Å²) in [6, 6.07) is 1.63. The van der Waals surface area contributed by atoms with Crippen LogP contribution in [0.3, 0.4) is 0 Å². The predicted molar refractivity (Wildman–Crippen MR) is 111 cm³/mol. The number of aromatic nitrogens is 2. The van der Waals surface area contributed by atoms with Gasteiger partial charge in [0.1, 0.15) is 0 Å². The van der Waals surface area contributed by atoms with E-state index >= 15 is 0 Å². The molecule has 0 aromatic carbocycles. The monoisotopic (exact) mass is 417 g/mol. The molecule has 0 bridgehead atoms. The Bertz CT molecular complexity index is 754. The molecule has 0 N–H and O–H groups in total. The first-order valence-electron chi connectivity index (χ1n) is 11.8. The smallest absolute Gasteiger partial charge is 0.409 e. The average Bonchev–Trinajstić information content (AvgIpc) is 3.46. The van der Waals surface area contributed by atoms with Gasteiger partial charge in [0.2, 0.25) is 11.8 Å². The zero-order valence-electron chi connectivity index (χ0n) is 18.4. The maximum absolute atomic E-state index is 12.0. The van der Waals surface area contributed by atoms with E-state index in [0.717, 1.165) is 38.4 Å². The zero-order chi connectivity index (χ0) is 20.7. The van der Waals surface area contributed by atoms with Crippen molar-refractivity contribution in [3.8, 4) is 0 Å². The van der Waals surface area contributed by atoms with Crippen LogP contribution in [-0.2, 0) is 4.74 Å². The van der Waals surface area contributed by atoms with Crippen LogP contribution in [0.25, 0.3) is 0 Å². The van der Waals surface area contributed by atoms with Crippen LogP contribution < -0.4 is 0 Å². The molecule has 0 radical (unpaired) electrons. The Hall–Kier alpha value is -1.67. The largest absolute Gasteiger partial charge is 0.450 e. The Labute approximate surface area is 178 Å². The van der Waals surface area contributed by atoms with Crippen LogP contribution in [0.5, 0.6) is 0 Å². The number of aryl methyl sites for hydroxylation is 1. The Kier molecular flexibility index (Phi) is 5.47. The predicted octanol–water partition coefficient (Wildman–Crippen LogP) is 2.99. The SMILES string of the molecule is CCOC(=O)N1CCC2(CC(N3CCC(N4CCCC4c4nnc(C)o4)CC3)C2)C1. The molecule has 1 amide bonds. The highest BCUT2D eigenvalue weighted by atomic mass is 16.6. The van der Waals surface area contributed by atoms with E-state index in [0.29, 0.717) is 36.0 Å². The number of carbonyl (C=O) groups is 1. The van der Waals surface area contributed by atoms with Gasteiger partial charge in [-0.3, -0.25) is 4.90 Å². The molecule has 4 aliphatic rings. The lowest BCUT2D eigenvalue weighted by Crippen LogP contribution is -2.56. The molecule has 3 saturated heterocycles. The van der Waals surface area contributed by atoms with Gasteiger partial charge in [-0.05, 0) is 76.9 Å². The Morgan fingerprint density at radius 3 is 2.63 bits per heavy atom. The van der Waals surface area contributed by atoms with Gasteiger partial charge in [-0.15, -0.1) is 10.2 Å². The highest BCUT2D eigenvalue weighted by Gasteiger charge is 2.51. The minimum Gasteiger partial charge on any atom is -0.450 e. The van der Waals surface area contributed by atoms with Crippen molar-refractivity contribution in [3.05, 3.63) is 11.8 Å². The van der Waals surface area contributed by atoms with Gasteiger partial charge in [-0.2, -0.15) is 0 Å². The lowest BCUT2D eigenvalue weighted by atomic mass is 9.64. The Morgan fingerprint density at radius 2 is 1.93 bits per heavy atom. The van der Waals surface area contributed by atoms with E-state index in [1.807, 2.05) is 18.7 Å². The van der Waals surface area contributed by atoms with E-state index in [9.17, 15) is 4.79 Å². The van der Waals surface area contributed by atoms with Gasteiger partial charge >= 0.3 is 6.09 Å². The third kappa shape index (κ3) is 3.73. The fraction of sp³-hybridized carbons (Fsp3) is 0.864. The van der Waals surface area contributed by atoms with Gasteiger partial charge in [0, 0.05) is 32.1 Å². The molecule has 8 heteroatoms. The van der Waals surface area contributed by atoms with E-state index in [-0.39, 0.29) is 6.09 Å². The van der Waals surface area contributed by atoms with Gasteiger partial charge < -0.3 is 19.0 Å². The minimum atomic E-state index is -0.129. The molecule has 1 atom stereocenters. The van der Waals surface area contributed by atoms with Gasteiger partial charge in [0.25, 0.3) is 0 Å². The number of likely N-dealkylation sites (tertiary alicyclic amines) is 3. The van der Waals surface area contributed by atoms with Crippen molar-refractivity contribution in [1.82, 2.24) is 24.9 Å². The topological polar surface area (TPSA) is 74.9 Å². The maximum Gasteiger partial charge on any atom is 0.409 e. The third-order valence-electron chi connectivity index (χ3n) is 7.91. The molecular formula is C22H35N5O3. The highest BCUT2D eigenvalue weighted by molar-refractivity contribution is 5.68. The average molecular weight is 418 g/mol. The van der Waals surface area contributed by atoms with Crippen molar-refractivity contribution in [3.63, 3.8) is 0 Å². The first-order valence-corrected chi connectivity index (χ1v) is 11.8. The normalized spacial score (nSPS) is 33.3. The first kappa shape index (κ1) is 20.2. The second-order valence-corrected chi connectivity index (χ2v) is 9.75. The number of nitrogens with zero attached hydrogens (tertiary/aromatic N) is 5. The number of ether oxygens (including phenoxy) is 1. The quantitative estimate of drug-likeness (QED) is 0.745. The summed E-state index contributed by atoms with van der Waals surface area (Å²) in [4.78, 5) is 19.3. The molecule has 8 nitrogen and oxygen atoms in total. The van der Waals surface area contributed by atoms with E-state index in [2.05, 4.69) is 20.0 Å². The molecule has 4 heterocycles. The Morgan fingerprint density at radius 1 is 1.13 bits per heavy atom. The van der Waals surface area contributed by atoms with Crippen molar-refractivity contribution in [2.45, 2.75) is 76.9 Å². The van der Waals surface area contributed by atoms with Gasteiger partial charge in [0.05, 0.1) is 12.6 Å². The summed E-state index contributed by atoms with van der Waals surface area (Å²) < 4.78 is 10.9. The molecule has 1 aromatic heterocycles. The second kappa shape index (κ2) is 8.11. The summed E-state index contributed by atoms with van der Waals surface area (Å²) in [5, 5.41) is 8.35. The van der Waals surface area contributed by atoms with Crippen molar-refractivity contribution < 1.29 is 13.9 Å². The summed E-state index contributed by atoms with van der Waals surface area (Å²) in [5.74, 6) is 1.47. The number of hydrogen-bond acceptors (Lipinski definition) is 7. The minimum absolute atomic E-state index is 0.129. The van der Waals surface area contributed by atoms with Crippen molar-refractivity contribution in [2.24, 2.45) is 5.41 Å². The highest BCUT2D eigenvalue weighted by Crippen LogP contribution is 2.50. The number of hydrogen-bond donors (Lipinski definition) is 0. The lowest BCUT2D eigenvalue weighted by Gasteiger charge is -2.52. The number of rotatable bonds is 4. The van der Waals surface area contributed by atoms with Crippen LogP contribution in [0.1, 0.15) is 69.7 Å². The van der Waals surface area contributed by atoms with Gasteiger partial charge in [0.15, 0.2) is 0 Å². The van der Waals surface area contributed by atoms with Crippen molar-refractivity contribution >= 4 is 6.09 Å². The summed E-state index contributed by atoms with van der Waals surface area (Å²) in [7, 11) is 0. The summed E-state index contributed by atoms with van der Waals surface area (Å²) in [6.45, 7) is 9.46. The van der Waals surface area contributed by atoms with E-state index in [4.69, 9.17) is 9.15 Å². The van der Waals surface area contributed by atoms with Crippen LogP contribution in [-0.4, -0.2) is 82.4 Å². The summed E-state index contributed by atoms with van der Waals surface area (Å²) >= 11 is 0. The molecule has 3 aliphatic heterocycles. The van der Waals surface area contributed by atoms with Crippen LogP contribution in [0.15, 0.2) is 4.42 Å².